The molecule has 1 heterocycles. The molecule has 1 aliphatic heterocycles. The molecule has 2 amide bonds. The second kappa shape index (κ2) is 10.3. The van der Waals surface area contributed by atoms with E-state index in [0.717, 1.165) is 49.3 Å². The van der Waals surface area contributed by atoms with E-state index >= 15 is 0 Å². The molecular formula is C23H28ClN3O2. The number of piperazine rings is 1. The molecule has 1 saturated heterocycles. The van der Waals surface area contributed by atoms with Crippen molar-refractivity contribution in [3.8, 4) is 0 Å². The van der Waals surface area contributed by atoms with Gasteiger partial charge < -0.3 is 15.1 Å². The average Bonchev–Trinajstić information content (AvgIpc) is 2.74. The molecule has 5 nitrogen and oxygen atoms in total. The van der Waals surface area contributed by atoms with Crippen molar-refractivity contribution >= 4 is 34.8 Å². The number of hydrogen-bond acceptors (Lipinski definition) is 3. The molecule has 1 fully saturated rings. The molecule has 0 atom stereocenters. The van der Waals surface area contributed by atoms with E-state index in [1.54, 1.807) is 6.07 Å². The summed E-state index contributed by atoms with van der Waals surface area (Å²) in [5.74, 6) is 0.0905. The van der Waals surface area contributed by atoms with E-state index in [0.29, 0.717) is 24.5 Å². The minimum absolute atomic E-state index is 0.0234. The molecule has 154 valence electrons. The summed E-state index contributed by atoms with van der Waals surface area (Å²) in [6, 6.07) is 15.0. The van der Waals surface area contributed by atoms with E-state index in [1.807, 2.05) is 47.4 Å². The minimum Gasteiger partial charge on any atom is -0.367 e. The number of hydrogen-bond donors (Lipinski definition) is 1. The van der Waals surface area contributed by atoms with Gasteiger partial charge in [-0.1, -0.05) is 49.6 Å². The van der Waals surface area contributed by atoms with Crippen molar-refractivity contribution in [3.05, 3.63) is 59.1 Å². The van der Waals surface area contributed by atoms with Crippen molar-refractivity contribution in [3.63, 3.8) is 0 Å². The van der Waals surface area contributed by atoms with Crippen LogP contribution in [-0.2, 0) is 4.79 Å². The number of nitrogens with one attached hydrogen (secondary N) is 1. The van der Waals surface area contributed by atoms with E-state index in [9.17, 15) is 9.59 Å². The fourth-order valence-electron chi connectivity index (χ4n) is 3.51. The summed E-state index contributed by atoms with van der Waals surface area (Å²) < 4.78 is 0. The second-order valence-corrected chi connectivity index (χ2v) is 7.72. The zero-order chi connectivity index (χ0) is 20.6. The van der Waals surface area contributed by atoms with E-state index in [4.69, 9.17) is 11.6 Å². The molecule has 2 aromatic carbocycles. The van der Waals surface area contributed by atoms with E-state index < -0.39 is 0 Å². The highest BCUT2D eigenvalue weighted by Crippen LogP contribution is 2.30. The Kier molecular flexibility index (Phi) is 7.53. The first-order valence-corrected chi connectivity index (χ1v) is 10.6. The third kappa shape index (κ3) is 5.73. The van der Waals surface area contributed by atoms with Gasteiger partial charge in [-0.2, -0.15) is 0 Å². The van der Waals surface area contributed by atoms with Crippen LogP contribution < -0.4 is 10.2 Å². The Balaban J connectivity index is 1.55. The van der Waals surface area contributed by atoms with Crippen molar-refractivity contribution < 1.29 is 9.59 Å². The van der Waals surface area contributed by atoms with Gasteiger partial charge in [-0.3, -0.25) is 9.59 Å². The standard InChI is InChI=1S/C23H28ClN3O2/c1-2-3-5-10-22(28)25-19-11-12-21(20(24)17-19)26-13-15-27(16-14-26)23(29)18-8-6-4-7-9-18/h4,6-9,11-12,17H,2-3,5,10,13-16H2,1H3,(H,25,28). The van der Waals surface area contributed by atoms with Crippen molar-refractivity contribution in [1.82, 2.24) is 4.90 Å². The van der Waals surface area contributed by atoms with Crippen LogP contribution >= 0.6 is 11.6 Å². The topological polar surface area (TPSA) is 52.7 Å². The lowest BCUT2D eigenvalue weighted by Crippen LogP contribution is -2.48. The smallest absolute Gasteiger partial charge is 0.253 e. The zero-order valence-corrected chi connectivity index (χ0v) is 17.6. The summed E-state index contributed by atoms with van der Waals surface area (Å²) in [7, 11) is 0. The summed E-state index contributed by atoms with van der Waals surface area (Å²) >= 11 is 6.49. The van der Waals surface area contributed by atoms with Crippen LogP contribution in [0.5, 0.6) is 0 Å². The second-order valence-electron chi connectivity index (χ2n) is 7.32. The molecule has 0 unspecified atom stereocenters. The maximum absolute atomic E-state index is 12.6. The van der Waals surface area contributed by atoms with E-state index in [-0.39, 0.29) is 11.8 Å². The Labute approximate surface area is 177 Å². The monoisotopic (exact) mass is 413 g/mol. The van der Waals surface area contributed by atoms with Crippen LogP contribution in [0.1, 0.15) is 43.0 Å². The first-order valence-electron chi connectivity index (χ1n) is 10.3. The van der Waals surface area contributed by atoms with Crippen molar-refractivity contribution in [2.75, 3.05) is 36.4 Å². The Morgan fingerprint density at radius 3 is 2.38 bits per heavy atom. The minimum atomic E-state index is 0.0234. The molecule has 0 aliphatic carbocycles. The largest absolute Gasteiger partial charge is 0.367 e. The molecule has 0 spiro atoms. The van der Waals surface area contributed by atoms with Gasteiger partial charge >= 0.3 is 0 Å². The number of rotatable bonds is 7. The molecule has 2 aromatic rings. The summed E-state index contributed by atoms with van der Waals surface area (Å²) in [6.45, 7) is 4.87. The number of carbonyl (C=O) groups is 2. The lowest BCUT2D eigenvalue weighted by atomic mass is 10.1. The van der Waals surface area contributed by atoms with Crippen molar-refractivity contribution in [2.24, 2.45) is 0 Å². The molecule has 6 heteroatoms. The summed E-state index contributed by atoms with van der Waals surface area (Å²) in [5.41, 5.74) is 2.37. The van der Waals surface area contributed by atoms with Crippen LogP contribution in [0.15, 0.2) is 48.5 Å². The molecule has 1 aliphatic rings. The molecule has 29 heavy (non-hydrogen) atoms. The van der Waals surface area contributed by atoms with Gasteiger partial charge in [0.05, 0.1) is 10.7 Å². The normalized spacial score (nSPS) is 14.0. The highest BCUT2D eigenvalue weighted by Gasteiger charge is 2.23. The number of amides is 2. The number of nitrogens with zero attached hydrogens (tertiary/aromatic N) is 2. The van der Waals surface area contributed by atoms with Crippen molar-refractivity contribution in [2.45, 2.75) is 32.6 Å². The average molecular weight is 414 g/mol. The Hall–Kier alpha value is -2.53. The van der Waals surface area contributed by atoms with Crippen LogP contribution in [0, 0.1) is 0 Å². The van der Waals surface area contributed by atoms with Crippen LogP contribution in [0.25, 0.3) is 0 Å². The highest BCUT2D eigenvalue weighted by atomic mass is 35.5. The van der Waals surface area contributed by atoms with Gasteiger partial charge in [0.15, 0.2) is 0 Å². The van der Waals surface area contributed by atoms with E-state index in [2.05, 4.69) is 17.1 Å². The van der Waals surface area contributed by atoms with Gasteiger partial charge in [0, 0.05) is 43.9 Å². The molecule has 0 aromatic heterocycles. The third-order valence-corrected chi connectivity index (χ3v) is 5.47. The molecule has 3 rings (SSSR count). The van der Waals surface area contributed by atoms with Crippen LogP contribution in [0.4, 0.5) is 11.4 Å². The van der Waals surface area contributed by atoms with Gasteiger partial charge in [0.25, 0.3) is 5.91 Å². The van der Waals surface area contributed by atoms with Gasteiger partial charge in [-0.25, -0.2) is 0 Å². The zero-order valence-electron chi connectivity index (χ0n) is 16.9. The summed E-state index contributed by atoms with van der Waals surface area (Å²) in [4.78, 5) is 28.7. The Morgan fingerprint density at radius 1 is 1.00 bits per heavy atom. The number of halogens is 1. The van der Waals surface area contributed by atoms with Crippen LogP contribution in [0.2, 0.25) is 5.02 Å². The fourth-order valence-corrected chi connectivity index (χ4v) is 3.81. The number of benzene rings is 2. The first kappa shape index (κ1) is 21.2. The summed E-state index contributed by atoms with van der Waals surface area (Å²) in [6.07, 6.45) is 3.59. The third-order valence-electron chi connectivity index (χ3n) is 5.17. The maximum atomic E-state index is 12.6. The highest BCUT2D eigenvalue weighted by molar-refractivity contribution is 6.33. The molecule has 0 saturated carbocycles. The lowest BCUT2D eigenvalue weighted by molar-refractivity contribution is -0.116. The van der Waals surface area contributed by atoms with Gasteiger partial charge in [-0.15, -0.1) is 0 Å². The van der Waals surface area contributed by atoms with E-state index in [1.165, 1.54) is 0 Å². The molecule has 1 N–H and O–H groups in total. The fraction of sp³-hybridized carbons (Fsp3) is 0.391. The molecular weight excluding hydrogens is 386 g/mol. The van der Waals surface area contributed by atoms with Crippen molar-refractivity contribution in [1.29, 1.82) is 0 Å². The first-order chi connectivity index (χ1) is 14.1. The van der Waals surface area contributed by atoms with Gasteiger partial charge in [0.1, 0.15) is 0 Å². The van der Waals surface area contributed by atoms with Gasteiger partial charge in [0.2, 0.25) is 5.91 Å². The summed E-state index contributed by atoms with van der Waals surface area (Å²) in [5, 5.41) is 3.53. The molecule has 0 radical (unpaired) electrons. The van der Waals surface area contributed by atoms with Crippen LogP contribution in [-0.4, -0.2) is 42.9 Å². The maximum Gasteiger partial charge on any atom is 0.253 e. The lowest BCUT2D eigenvalue weighted by Gasteiger charge is -2.36. The Bertz CT molecular complexity index is 833. The predicted octanol–water partition coefficient (Wildman–Crippen LogP) is 4.82. The molecule has 0 bridgehead atoms. The predicted molar refractivity (Wildman–Crippen MR) is 119 cm³/mol. The Morgan fingerprint density at radius 2 is 1.72 bits per heavy atom. The SMILES string of the molecule is CCCCCC(=O)Nc1ccc(N2CCN(C(=O)c3ccccc3)CC2)c(Cl)c1. The number of carbonyl (C=O) groups excluding carboxylic acids is 2. The van der Waals surface area contributed by atoms with Gasteiger partial charge in [-0.05, 0) is 36.8 Å². The quantitative estimate of drug-likeness (QED) is 0.662. The number of unbranched alkanes of at least 4 members (excludes halogenated alkanes) is 2. The van der Waals surface area contributed by atoms with Crippen LogP contribution in [0.3, 0.4) is 0 Å². The number of anilines is 2.